The van der Waals surface area contributed by atoms with Gasteiger partial charge in [0.05, 0.1) is 12.4 Å². The van der Waals surface area contributed by atoms with Gasteiger partial charge in [-0.05, 0) is 31.7 Å². The van der Waals surface area contributed by atoms with Gasteiger partial charge in [0, 0.05) is 25.6 Å². The Morgan fingerprint density at radius 3 is 2.96 bits per heavy atom. The highest BCUT2D eigenvalue weighted by molar-refractivity contribution is 5.92. The lowest BCUT2D eigenvalue weighted by atomic mass is 9.91. The molecule has 7 heteroatoms. The zero-order valence-corrected chi connectivity index (χ0v) is 13.2. The van der Waals surface area contributed by atoms with Gasteiger partial charge in [-0.15, -0.1) is 0 Å². The Hall–Kier alpha value is -2.15. The molecule has 23 heavy (non-hydrogen) atoms. The molecule has 3 atom stereocenters. The van der Waals surface area contributed by atoms with Crippen LogP contribution >= 0.6 is 0 Å². The fourth-order valence-electron chi connectivity index (χ4n) is 3.46. The molecule has 2 fully saturated rings. The zero-order chi connectivity index (χ0) is 16.0. The zero-order valence-electron chi connectivity index (χ0n) is 13.2. The lowest BCUT2D eigenvalue weighted by Gasteiger charge is -2.33. The van der Waals surface area contributed by atoms with Crippen LogP contribution in [0.25, 0.3) is 0 Å². The van der Waals surface area contributed by atoms with E-state index in [9.17, 15) is 4.79 Å². The van der Waals surface area contributed by atoms with E-state index >= 15 is 0 Å². The van der Waals surface area contributed by atoms with Gasteiger partial charge >= 0.3 is 0 Å². The summed E-state index contributed by atoms with van der Waals surface area (Å²) in [5, 5.41) is 3.96. The summed E-state index contributed by atoms with van der Waals surface area (Å²) in [4.78, 5) is 18.6. The van der Waals surface area contributed by atoms with E-state index in [0.29, 0.717) is 29.9 Å². The van der Waals surface area contributed by atoms with Crippen LogP contribution in [0.1, 0.15) is 46.8 Å². The van der Waals surface area contributed by atoms with Crippen LogP contribution in [0.4, 0.5) is 0 Å². The van der Waals surface area contributed by atoms with E-state index < -0.39 is 0 Å². The van der Waals surface area contributed by atoms with Gasteiger partial charge in [-0.3, -0.25) is 4.79 Å². The Morgan fingerprint density at radius 1 is 1.39 bits per heavy atom. The van der Waals surface area contributed by atoms with Gasteiger partial charge in [0.15, 0.2) is 5.76 Å². The molecule has 0 saturated carbocycles. The van der Waals surface area contributed by atoms with E-state index in [-0.39, 0.29) is 18.1 Å². The molecule has 0 N–H and O–H groups in total. The van der Waals surface area contributed by atoms with Gasteiger partial charge in [0.2, 0.25) is 11.7 Å². The number of ether oxygens (including phenoxy) is 1. The number of aryl methyl sites for hydroxylation is 2. The number of piperidine rings is 1. The van der Waals surface area contributed by atoms with E-state index in [0.717, 1.165) is 24.9 Å². The van der Waals surface area contributed by atoms with Crippen LogP contribution in [0.5, 0.6) is 0 Å². The Bertz CT molecular complexity index is 722. The molecule has 122 valence electrons. The molecule has 0 bridgehead atoms. The van der Waals surface area contributed by atoms with E-state index in [1.165, 1.54) is 0 Å². The maximum atomic E-state index is 12.6. The minimum absolute atomic E-state index is 0.0202. The van der Waals surface area contributed by atoms with Gasteiger partial charge in [-0.25, -0.2) is 0 Å². The van der Waals surface area contributed by atoms with Crippen LogP contribution in [0.2, 0.25) is 0 Å². The molecular weight excluding hydrogens is 298 g/mol. The van der Waals surface area contributed by atoms with Crippen molar-refractivity contribution in [3.8, 4) is 0 Å². The van der Waals surface area contributed by atoms with Crippen molar-refractivity contribution >= 4 is 5.91 Å². The molecule has 0 aromatic carbocycles. The first-order chi connectivity index (χ1) is 11.1. The predicted molar refractivity (Wildman–Crippen MR) is 78.7 cm³/mol. The second-order valence-electron chi connectivity index (χ2n) is 6.30. The molecule has 2 aliphatic rings. The maximum absolute atomic E-state index is 12.6. The highest BCUT2D eigenvalue weighted by Gasteiger charge is 2.42. The summed E-state index contributed by atoms with van der Waals surface area (Å²) >= 11 is 0. The van der Waals surface area contributed by atoms with Crippen LogP contribution in [0.3, 0.4) is 0 Å². The van der Waals surface area contributed by atoms with Crippen molar-refractivity contribution in [1.82, 2.24) is 15.0 Å². The largest absolute Gasteiger partial charge is 0.459 e. The molecular formula is C16H19N3O4. The SMILES string of the molecule is Cc1nc([C@H]2C[C@@H]3CCN(C(=O)c4occc4C)C[C@H]3O2)no1. The highest BCUT2D eigenvalue weighted by Crippen LogP contribution is 2.40. The number of rotatable bonds is 2. The lowest BCUT2D eigenvalue weighted by Crippen LogP contribution is -2.45. The summed E-state index contributed by atoms with van der Waals surface area (Å²) in [6.45, 7) is 4.95. The summed E-state index contributed by atoms with van der Waals surface area (Å²) in [5.41, 5.74) is 0.865. The van der Waals surface area contributed by atoms with Crippen molar-refractivity contribution in [3.05, 3.63) is 35.4 Å². The molecule has 0 aliphatic carbocycles. The van der Waals surface area contributed by atoms with Crippen molar-refractivity contribution in [1.29, 1.82) is 0 Å². The van der Waals surface area contributed by atoms with Crippen LogP contribution in [0, 0.1) is 19.8 Å². The third-order valence-electron chi connectivity index (χ3n) is 4.73. The summed E-state index contributed by atoms with van der Waals surface area (Å²) in [7, 11) is 0. The normalized spacial score (nSPS) is 27.2. The predicted octanol–water partition coefficient (Wildman–Crippen LogP) is 2.27. The number of carbonyl (C=O) groups is 1. The second-order valence-corrected chi connectivity index (χ2v) is 6.30. The molecule has 2 aromatic heterocycles. The third-order valence-corrected chi connectivity index (χ3v) is 4.73. The van der Waals surface area contributed by atoms with E-state index in [2.05, 4.69) is 10.1 Å². The number of aromatic nitrogens is 2. The molecule has 0 spiro atoms. The molecule has 2 aromatic rings. The number of furan rings is 1. The van der Waals surface area contributed by atoms with Crippen molar-refractivity contribution in [3.63, 3.8) is 0 Å². The summed E-state index contributed by atoms with van der Waals surface area (Å²) in [6.07, 6.45) is 3.24. The van der Waals surface area contributed by atoms with Gasteiger partial charge in [-0.2, -0.15) is 4.98 Å². The molecule has 2 saturated heterocycles. The quantitative estimate of drug-likeness (QED) is 0.845. The van der Waals surface area contributed by atoms with Crippen molar-refractivity contribution in [2.45, 2.75) is 38.9 Å². The first kappa shape index (κ1) is 14.4. The van der Waals surface area contributed by atoms with E-state index in [1.54, 1.807) is 19.3 Å². The molecule has 7 nitrogen and oxygen atoms in total. The smallest absolute Gasteiger partial charge is 0.289 e. The lowest BCUT2D eigenvalue weighted by molar-refractivity contribution is -0.00826. The number of hydrogen-bond acceptors (Lipinski definition) is 6. The molecule has 4 heterocycles. The summed E-state index contributed by atoms with van der Waals surface area (Å²) in [6, 6.07) is 1.81. The van der Waals surface area contributed by atoms with E-state index in [4.69, 9.17) is 13.7 Å². The first-order valence-corrected chi connectivity index (χ1v) is 7.91. The number of likely N-dealkylation sites (tertiary alicyclic amines) is 1. The van der Waals surface area contributed by atoms with Crippen LogP contribution in [-0.4, -0.2) is 40.1 Å². The number of amides is 1. The average molecular weight is 317 g/mol. The molecule has 2 aliphatic heterocycles. The van der Waals surface area contributed by atoms with Crippen LogP contribution in [0.15, 0.2) is 21.3 Å². The molecule has 0 unspecified atom stereocenters. The molecule has 4 rings (SSSR count). The number of carbonyl (C=O) groups excluding carboxylic acids is 1. The van der Waals surface area contributed by atoms with Crippen molar-refractivity contribution in [2.75, 3.05) is 13.1 Å². The summed E-state index contributed by atoms with van der Waals surface area (Å²) in [5.74, 6) is 1.95. The average Bonchev–Trinajstić information content (AvgIpc) is 3.24. The minimum atomic E-state index is -0.136. The molecule has 0 radical (unpaired) electrons. The monoisotopic (exact) mass is 317 g/mol. The van der Waals surface area contributed by atoms with Crippen molar-refractivity contribution < 1.29 is 18.5 Å². The van der Waals surface area contributed by atoms with Crippen molar-refractivity contribution in [2.24, 2.45) is 5.92 Å². The Balaban J connectivity index is 1.45. The van der Waals surface area contributed by atoms with Crippen LogP contribution < -0.4 is 0 Å². The van der Waals surface area contributed by atoms with Gasteiger partial charge in [0.25, 0.3) is 5.91 Å². The Morgan fingerprint density at radius 2 is 2.26 bits per heavy atom. The Kier molecular flexibility index (Phi) is 3.45. The maximum Gasteiger partial charge on any atom is 0.289 e. The highest BCUT2D eigenvalue weighted by atomic mass is 16.5. The topological polar surface area (TPSA) is 81.6 Å². The second kappa shape index (κ2) is 5.49. The molecule has 1 amide bonds. The number of hydrogen-bond donors (Lipinski definition) is 0. The van der Waals surface area contributed by atoms with E-state index in [1.807, 2.05) is 11.8 Å². The Labute approximate surface area is 133 Å². The minimum Gasteiger partial charge on any atom is -0.459 e. The standard InChI is InChI=1S/C16H19N3O4/c1-9-4-6-21-14(9)16(20)19-5-3-11-7-12(22-13(11)8-19)15-17-10(2)23-18-15/h4,6,11-13H,3,5,7-8H2,1-2H3/t11-,12+,13+/m0/s1. The number of nitrogens with zero attached hydrogens (tertiary/aromatic N) is 3. The first-order valence-electron chi connectivity index (χ1n) is 7.91. The number of fused-ring (bicyclic) bond motifs is 1. The fourth-order valence-corrected chi connectivity index (χ4v) is 3.46. The van der Waals surface area contributed by atoms with Gasteiger partial charge in [-0.1, -0.05) is 5.16 Å². The van der Waals surface area contributed by atoms with Crippen LogP contribution in [-0.2, 0) is 4.74 Å². The third kappa shape index (κ3) is 2.55. The van der Waals surface area contributed by atoms with Gasteiger partial charge < -0.3 is 18.6 Å². The van der Waals surface area contributed by atoms with Gasteiger partial charge in [0.1, 0.15) is 6.10 Å². The fraction of sp³-hybridized carbons (Fsp3) is 0.562. The summed E-state index contributed by atoms with van der Waals surface area (Å²) < 4.78 is 16.4.